The molecule has 0 unspecified atom stereocenters. The summed E-state index contributed by atoms with van der Waals surface area (Å²) in [6.07, 6.45) is 0.814. The molecule has 78 valence electrons. The van der Waals surface area contributed by atoms with Crippen molar-refractivity contribution in [2.75, 3.05) is 0 Å². The summed E-state index contributed by atoms with van der Waals surface area (Å²) < 4.78 is 0. The van der Waals surface area contributed by atoms with Crippen molar-refractivity contribution < 1.29 is 14.7 Å². The summed E-state index contributed by atoms with van der Waals surface area (Å²) in [5, 5.41) is 11.7. The first-order valence-corrected chi connectivity index (χ1v) is 4.74. The van der Waals surface area contributed by atoms with E-state index in [0.29, 0.717) is 0 Å². The zero-order chi connectivity index (χ0) is 10.9. The highest BCUT2D eigenvalue weighted by molar-refractivity contribution is 6.26. The second-order valence-corrected chi connectivity index (χ2v) is 3.66. The lowest BCUT2D eigenvalue weighted by molar-refractivity contribution is -0.117. The van der Waals surface area contributed by atoms with Gasteiger partial charge in [-0.05, 0) is 12.8 Å². The van der Waals surface area contributed by atoms with Crippen LogP contribution in [0.1, 0.15) is 27.2 Å². The highest BCUT2D eigenvalue weighted by Crippen LogP contribution is 2.20. The third-order valence-corrected chi connectivity index (χ3v) is 2.62. The van der Waals surface area contributed by atoms with Crippen LogP contribution in [-0.2, 0) is 9.59 Å². The third-order valence-electron chi connectivity index (χ3n) is 2.62. The van der Waals surface area contributed by atoms with Crippen LogP contribution in [0.25, 0.3) is 0 Å². The van der Waals surface area contributed by atoms with Crippen LogP contribution in [0.5, 0.6) is 0 Å². The number of ketones is 1. The number of rotatable bonds is 2. The smallest absolute Gasteiger partial charge is 0.259 e. The van der Waals surface area contributed by atoms with E-state index < -0.39 is 11.9 Å². The molecule has 0 radical (unpaired) electrons. The SMILES string of the molecule is CC[C@@H](C)[C@@H]1NC(=O)/C(=C(/C)O)C1=O. The van der Waals surface area contributed by atoms with Gasteiger partial charge < -0.3 is 10.4 Å². The summed E-state index contributed by atoms with van der Waals surface area (Å²) in [6.45, 7) is 5.21. The third kappa shape index (κ3) is 1.64. The van der Waals surface area contributed by atoms with Crippen molar-refractivity contribution in [1.29, 1.82) is 0 Å². The number of allylic oxidation sites excluding steroid dienone is 1. The molecule has 0 aromatic heterocycles. The lowest BCUT2D eigenvalue weighted by atomic mass is 9.95. The molecule has 0 aromatic carbocycles. The van der Waals surface area contributed by atoms with Crippen molar-refractivity contribution in [3.8, 4) is 0 Å². The monoisotopic (exact) mass is 197 g/mol. The van der Waals surface area contributed by atoms with Gasteiger partial charge in [-0.25, -0.2) is 0 Å². The van der Waals surface area contributed by atoms with Crippen molar-refractivity contribution in [2.24, 2.45) is 5.92 Å². The van der Waals surface area contributed by atoms with Crippen LogP contribution < -0.4 is 5.32 Å². The average molecular weight is 197 g/mol. The Balaban J connectivity index is 2.97. The molecule has 4 heteroatoms. The van der Waals surface area contributed by atoms with Gasteiger partial charge >= 0.3 is 0 Å². The normalized spacial score (nSPS) is 27.5. The number of carbonyl (C=O) groups is 2. The summed E-state index contributed by atoms with van der Waals surface area (Å²) in [6, 6.07) is -0.468. The van der Waals surface area contributed by atoms with Crippen LogP contribution in [0.15, 0.2) is 11.3 Å². The number of hydrogen-bond acceptors (Lipinski definition) is 3. The summed E-state index contributed by atoms with van der Waals surface area (Å²) in [4.78, 5) is 23.0. The molecule has 1 rings (SSSR count). The first kappa shape index (κ1) is 10.8. The Bertz CT molecular complexity index is 302. The van der Waals surface area contributed by atoms with Crippen LogP contribution >= 0.6 is 0 Å². The molecule has 1 fully saturated rings. The zero-order valence-electron chi connectivity index (χ0n) is 8.63. The summed E-state index contributed by atoms with van der Waals surface area (Å²) in [5.41, 5.74) is -0.0877. The molecule has 1 saturated heterocycles. The molecular formula is C10H15NO3. The van der Waals surface area contributed by atoms with Crippen molar-refractivity contribution in [2.45, 2.75) is 33.2 Å². The van der Waals surface area contributed by atoms with Gasteiger partial charge in [0, 0.05) is 0 Å². The van der Waals surface area contributed by atoms with Crippen LogP contribution in [0.3, 0.4) is 0 Å². The maximum absolute atomic E-state index is 11.7. The lowest BCUT2D eigenvalue weighted by Gasteiger charge is -2.14. The molecule has 2 atom stereocenters. The minimum atomic E-state index is -0.468. The standard InChI is InChI=1S/C10H15NO3/c1-4-5(2)8-9(13)7(6(3)12)10(14)11-8/h5,8,12H,4H2,1-3H3,(H,11,14)/b7-6-/t5-,8+/m1/s1. The minimum absolute atomic E-state index is 0.0877. The van der Waals surface area contributed by atoms with Crippen LogP contribution in [0.2, 0.25) is 0 Å². The number of amides is 1. The molecule has 2 N–H and O–H groups in total. The van der Waals surface area contributed by atoms with Gasteiger partial charge in [-0.3, -0.25) is 9.59 Å². The molecule has 0 aliphatic carbocycles. The second-order valence-electron chi connectivity index (χ2n) is 3.66. The molecule has 1 aliphatic heterocycles. The van der Waals surface area contributed by atoms with E-state index >= 15 is 0 Å². The molecule has 0 spiro atoms. The van der Waals surface area contributed by atoms with Crippen LogP contribution in [-0.4, -0.2) is 22.8 Å². The topological polar surface area (TPSA) is 66.4 Å². The zero-order valence-corrected chi connectivity index (χ0v) is 8.63. The van der Waals surface area contributed by atoms with E-state index in [-0.39, 0.29) is 23.0 Å². The molecule has 0 aromatic rings. The van der Waals surface area contributed by atoms with Gasteiger partial charge in [0.1, 0.15) is 11.3 Å². The highest BCUT2D eigenvalue weighted by atomic mass is 16.3. The fourth-order valence-electron chi connectivity index (χ4n) is 1.53. The Morgan fingerprint density at radius 1 is 1.57 bits per heavy atom. The Morgan fingerprint density at radius 2 is 2.14 bits per heavy atom. The van der Waals surface area contributed by atoms with Crippen molar-refractivity contribution in [3.63, 3.8) is 0 Å². The summed E-state index contributed by atoms with van der Waals surface area (Å²) in [7, 11) is 0. The van der Waals surface area contributed by atoms with Gasteiger partial charge in [0.2, 0.25) is 0 Å². The van der Waals surface area contributed by atoms with Gasteiger partial charge in [-0.2, -0.15) is 0 Å². The van der Waals surface area contributed by atoms with Crippen molar-refractivity contribution in [3.05, 3.63) is 11.3 Å². The largest absolute Gasteiger partial charge is 0.512 e. The quantitative estimate of drug-likeness (QED) is 0.393. The first-order chi connectivity index (χ1) is 6.49. The number of aliphatic hydroxyl groups is 1. The fourth-order valence-corrected chi connectivity index (χ4v) is 1.53. The number of hydrogen-bond donors (Lipinski definition) is 2. The molecule has 1 aliphatic rings. The molecule has 1 heterocycles. The van der Waals surface area contributed by atoms with E-state index in [9.17, 15) is 9.59 Å². The Labute approximate surface area is 83.0 Å². The van der Waals surface area contributed by atoms with E-state index in [4.69, 9.17) is 5.11 Å². The van der Waals surface area contributed by atoms with E-state index in [2.05, 4.69) is 5.32 Å². The maximum atomic E-state index is 11.7. The van der Waals surface area contributed by atoms with Gasteiger partial charge in [0.25, 0.3) is 5.91 Å². The van der Waals surface area contributed by atoms with E-state index in [1.54, 1.807) is 0 Å². The number of Topliss-reactive ketones (excluding diaryl/α,β-unsaturated/α-hetero) is 1. The highest BCUT2D eigenvalue weighted by Gasteiger charge is 2.39. The Hall–Kier alpha value is -1.32. The van der Waals surface area contributed by atoms with E-state index in [1.165, 1.54) is 6.92 Å². The molecule has 4 nitrogen and oxygen atoms in total. The van der Waals surface area contributed by atoms with Crippen LogP contribution in [0.4, 0.5) is 0 Å². The van der Waals surface area contributed by atoms with E-state index in [0.717, 1.165) is 6.42 Å². The molecular weight excluding hydrogens is 182 g/mol. The maximum Gasteiger partial charge on any atom is 0.259 e. The Kier molecular flexibility index (Phi) is 2.93. The molecule has 0 bridgehead atoms. The van der Waals surface area contributed by atoms with Gasteiger partial charge in [0.05, 0.1) is 6.04 Å². The predicted molar refractivity (Wildman–Crippen MR) is 51.7 cm³/mol. The van der Waals surface area contributed by atoms with Gasteiger partial charge in [-0.15, -0.1) is 0 Å². The second kappa shape index (κ2) is 3.82. The minimum Gasteiger partial charge on any atom is -0.512 e. The summed E-state index contributed by atoms with van der Waals surface area (Å²) >= 11 is 0. The van der Waals surface area contributed by atoms with Crippen molar-refractivity contribution >= 4 is 11.7 Å². The molecule has 14 heavy (non-hydrogen) atoms. The average Bonchev–Trinajstić information content (AvgIpc) is 2.40. The molecule has 1 amide bonds. The van der Waals surface area contributed by atoms with Gasteiger partial charge in [0.15, 0.2) is 5.78 Å². The lowest BCUT2D eigenvalue weighted by Crippen LogP contribution is -2.35. The Morgan fingerprint density at radius 3 is 2.50 bits per heavy atom. The first-order valence-electron chi connectivity index (χ1n) is 4.74. The fraction of sp³-hybridized carbons (Fsp3) is 0.600. The van der Waals surface area contributed by atoms with Gasteiger partial charge in [-0.1, -0.05) is 20.3 Å². The van der Waals surface area contributed by atoms with Crippen molar-refractivity contribution in [1.82, 2.24) is 5.32 Å². The number of aliphatic hydroxyl groups excluding tert-OH is 1. The predicted octanol–water partition coefficient (Wildman–Crippen LogP) is 0.932. The van der Waals surface area contributed by atoms with Crippen LogP contribution in [0, 0.1) is 5.92 Å². The van der Waals surface area contributed by atoms with E-state index in [1.807, 2.05) is 13.8 Å². The number of carbonyl (C=O) groups excluding carboxylic acids is 2. The molecule has 0 saturated carbocycles. The summed E-state index contributed by atoms with van der Waals surface area (Å²) in [5.74, 6) is -0.841. The number of nitrogens with one attached hydrogen (secondary N) is 1.